The van der Waals surface area contributed by atoms with Gasteiger partial charge in [-0.1, -0.05) is 6.07 Å². The van der Waals surface area contributed by atoms with Crippen molar-refractivity contribution in [1.82, 2.24) is 24.5 Å². The van der Waals surface area contributed by atoms with Gasteiger partial charge in [-0.25, -0.2) is 14.8 Å². The predicted molar refractivity (Wildman–Crippen MR) is 129 cm³/mol. The van der Waals surface area contributed by atoms with Gasteiger partial charge in [0.2, 0.25) is 0 Å². The number of methoxy groups -OCH3 is 1. The van der Waals surface area contributed by atoms with Gasteiger partial charge >= 0.3 is 6.03 Å². The first-order chi connectivity index (χ1) is 16.4. The molecule has 1 aromatic carbocycles. The molecule has 1 amide bonds. The van der Waals surface area contributed by atoms with Gasteiger partial charge in [0.05, 0.1) is 7.11 Å². The fourth-order valence-electron chi connectivity index (χ4n) is 3.77. The van der Waals surface area contributed by atoms with Gasteiger partial charge in [0.1, 0.15) is 22.9 Å². The van der Waals surface area contributed by atoms with Crippen molar-refractivity contribution < 1.29 is 9.53 Å². The van der Waals surface area contributed by atoms with Crippen LogP contribution in [0.4, 0.5) is 22.1 Å². The first-order valence-electron chi connectivity index (χ1n) is 10.5. The van der Waals surface area contributed by atoms with Crippen LogP contribution in [0.3, 0.4) is 0 Å². The number of rotatable bonds is 5. The summed E-state index contributed by atoms with van der Waals surface area (Å²) in [6.07, 6.45) is 6.92. The topological polar surface area (TPSA) is 136 Å². The van der Waals surface area contributed by atoms with Crippen LogP contribution < -0.4 is 26.4 Å². The molecule has 5 N–H and O–H groups in total. The monoisotopic (exact) mass is 457 g/mol. The minimum Gasteiger partial charge on any atom is -0.497 e. The van der Waals surface area contributed by atoms with Gasteiger partial charge < -0.3 is 26.4 Å². The van der Waals surface area contributed by atoms with Crippen molar-refractivity contribution in [3.8, 4) is 5.75 Å². The summed E-state index contributed by atoms with van der Waals surface area (Å²) in [6.45, 7) is 1.91. The fourth-order valence-corrected chi connectivity index (χ4v) is 3.77. The zero-order valence-corrected chi connectivity index (χ0v) is 18.6. The quantitative estimate of drug-likeness (QED) is 0.362. The van der Waals surface area contributed by atoms with Crippen LogP contribution in [0.1, 0.15) is 12.6 Å². The van der Waals surface area contributed by atoms with E-state index in [1.807, 2.05) is 35.7 Å². The van der Waals surface area contributed by atoms with Crippen molar-refractivity contribution >= 4 is 34.8 Å². The zero-order valence-electron chi connectivity index (χ0n) is 18.6. The van der Waals surface area contributed by atoms with Gasteiger partial charge in [0.25, 0.3) is 0 Å². The molecule has 34 heavy (non-hydrogen) atoms. The third kappa shape index (κ3) is 3.90. The highest BCUT2D eigenvalue weighted by molar-refractivity contribution is 5.92. The number of benzene rings is 1. The van der Waals surface area contributed by atoms with Crippen molar-refractivity contribution in [3.05, 3.63) is 78.9 Å². The molecule has 5 rings (SSSR count). The number of carbonyl (C=O) groups excluding carboxylic acids is 1. The number of pyridine rings is 1. The van der Waals surface area contributed by atoms with Crippen molar-refractivity contribution in [2.24, 2.45) is 10.7 Å². The minimum atomic E-state index is -0.865. The number of hydrogen-bond acceptors (Lipinski definition) is 8. The molecule has 11 nitrogen and oxygen atoms in total. The molecule has 1 unspecified atom stereocenters. The number of hydrogen-bond donors (Lipinski definition) is 4. The van der Waals surface area contributed by atoms with Crippen LogP contribution in [0.25, 0.3) is 5.65 Å². The fraction of sp³-hybridized carbons (Fsp3) is 0.130. The molecule has 0 radical (unpaired) electrons. The van der Waals surface area contributed by atoms with Crippen molar-refractivity contribution in [2.45, 2.75) is 12.6 Å². The maximum atomic E-state index is 12.6. The average molecular weight is 457 g/mol. The van der Waals surface area contributed by atoms with Crippen molar-refractivity contribution in [1.29, 1.82) is 0 Å². The molecule has 4 aromatic rings. The number of ether oxygens (including phenoxy) is 1. The number of anilines is 3. The number of aliphatic imine (C=N–C) groups is 1. The number of amidine groups is 1. The lowest BCUT2D eigenvalue weighted by atomic mass is 10.1. The summed E-state index contributed by atoms with van der Waals surface area (Å²) in [5.74, 6) is 2.09. The van der Waals surface area contributed by atoms with E-state index in [2.05, 4.69) is 26.0 Å². The number of amides is 1. The molecule has 0 aliphatic carbocycles. The molecule has 172 valence electrons. The third-order valence-corrected chi connectivity index (χ3v) is 5.35. The lowest BCUT2D eigenvalue weighted by Gasteiger charge is -2.29. The van der Waals surface area contributed by atoms with Gasteiger partial charge in [-0.15, -0.1) is 5.10 Å². The first-order valence-corrected chi connectivity index (χ1v) is 10.5. The van der Waals surface area contributed by atoms with Gasteiger partial charge in [-0.05, 0) is 49.4 Å². The molecular formula is C23H23N9O2. The molecule has 0 saturated carbocycles. The van der Waals surface area contributed by atoms with Crippen LogP contribution in [-0.4, -0.2) is 38.1 Å². The van der Waals surface area contributed by atoms with Gasteiger partial charge in [0.15, 0.2) is 17.3 Å². The SMILES string of the molecule is COc1ccc(NC(=O)n2ccc(Nc3nc4ccccn4c3C3(C)N=C(N)C=CN3)n2)cc1. The Kier molecular flexibility index (Phi) is 5.13. The van der Waals surface area contributed by atoms with Crippen LogP contribution in [0.2, 0.25) is 0 Å². The van der Waals surface area contributed by atoms with E-state index < -0.39 is 11.7 Å². The second-order valence-electron chi connectivity index (χ2n) is 7.75. The van der Waals surface area contributed by atoms with Crippen LogP contribution in [0, 0.1) is 0 Å². The van der Waals surface area contributed by atoms with Crippen molar-refractivity contribution in [2.75, 3.05) is 17.7 Å². The van der Waals surface area contributed by atoms with Crippen LogP contribution in [-0.2, 0) is 5.66 Å². The number of fused-ring (bicyclic) bond motifs is 1. The molecule has 0 fully saturated rings. The molecule has 0 bridgehead atoms. The largest absolute Gasteiger partial charge is 0.497 e. The highest BCUT2D eigenvalue weighted by Crippen LogP contribution is 2.33. The summed E-state index contributed by atoms with van der Waals surface area (Å²) in [5.41, 5.74) is 7.21. The molecule has 4 heterocycles. The van der Waals surface area contributed by atoms with Gasteiger partial charge in [0, 0.05) is 30.3 Å². The Hall–Kier alpha value is -4.80. The summed E-state index contributed by atoms with van der Waals surface area (Å²) in [5, 5.41) is 13.6. The van der Waals surface area contributed by atoms with E-state index in [-0.39, 0.29) is 0 Å². The number of carbonyl (C=O) groups is 1. The third-order valence-electron chi connectivity index (χ3n) is 5.35. The highest BCUT2D eigenvalue weighted by atomic mass is 16.5. The Morgan fingerprint density at radius 2 is 1.97 bits per heavy atom. The zero-order chi connectivity index (χ0) is 23.7. The van der Waals surface area contributed by atoms with E-state index in [4.69, 9.17) is 15.5 Å². The number of nitrogens with one attached hydrogen (secondary N) is 3. The van der Waals surface area contributed by atoms with E-state index in [1.54, 1.807) is 55.9 Å². The second kappa shape index (κ2) is 8.28. The molecule has 11 heteroatoms. The Morgan fingerprint density at radius 3 is 2.74 bits per heavy atom. The van der Waals surface area contributed by atoms with Crippen LogP contribution >= 0.6 is 0 Å². The predicted octanol–water partition coefficient (Wildman–Crippen LogP) is 3.01. The van der Waals surface area contributed by atoms with E-state index in [0.29, 0.717) is 28.9 Å². The Balaban J connectivity index is 1.42. The minimum absolute atomic E-state index is 0.401. The van der Waals surface area contributed by atoms with Crippen LogP contribution in [0.5, 0.6) is 5.75 Å². The normalized spacial score (nSPS) is 17.2. The highest BCUT2D eigenvalue weighted by Gasteiger charge is 2.34. The molecule has 0 spiro atoms. The molecule has 0 saturated heterocycles. The molecule has 1 aliphatic heterocycles. The second-order valence-corrected chi connectivity index (χ2v) is 7.75. The molecular weight excluding hydrogens is 434 g/mol. The average Bonchev–Trinajstić information content (AvgIpc) is 3.44. The van der Waals surface area contributed by atoms with Crippen LogP contribution in [0.15, 0.2) is 78.2 Å². The summed E-state index contributed by atoms with van der Waals surface area (Å²) >= 11 is 0. The number of nitrogens with two attached hydrogens (primary N) is 1. The van der Waals surface area contributed by atoms with Gasteiger partial charge in [-0.2, -0.15) is 4.68 Å². The van der Waals surface area contributed by atoms with Gasteiger partial charge in [-0.3, -0.25) is 4.40 Å². The number of aromatic nitrogens is 4. The summed E-state index contributed by atoms with van der Waals surface area (Å²) in [4.78, 5) is 21.9. The van der Waals surface area contributed by atoms with Crippen molar-refractivity contribution in [3.63, 3.8) is 0 Å². The summed E-state index contributed by atoms with van der Waals surface area (Å²) in [6, 6.07) is 14.0. The molecule has 3 aromatic heterocycles. The van der Waals surface area contributed by atoms with E-state index in [9.17, 15) is 4.79 Å². The lowest BCUT2D eigenvalue weighted by Crippen LogP contribution is -2.40. The smallest absolute Gasteiger partial charge is 0.346 e. The summed E-state index contributed by atoms with van der Waals surface area (Å²) in [7, 11) is 1.59. The lowest BCUT2D eigenvalue weighted by molar-refractivity contribution is 0.251. The maximum Gasteiger partial charge on any atom is 0.346 e. The molecule has 1 atom stereocenters. The molecule has 1 aliphatic rings. The van der Waals surface area contributed by atoms with E-state index >= 15 is 0 Å². The Labute approximate surface area is 195 Å². The summed E-state index contributed by atoms with van der Waals surface area (Å²) < 4.78 is 8.28. The maximum absolute atomic E-state index is 12.6. The Morgan fingerprint density at radius 1 is 1.15 bits per heavy atom. The Bertz CT molecular complexity index is 1420. The van der Waals surface area contributed by atoms with E-state index in [0.717, 1.165) is 11.3 Å². The first kappa shape index (κ1) is 21.1. The number of nitrogens with zero attached hydrogens (tertiary/aromatic N) is 5. The number of imidazole rings is 1. The standard InChI is InChI=1S/C23H23N9O2/c1-23(25-12-10-17(24)29-23)20-21(28-19-5-3-4-13-31(19)20)27-18-11-14-32(30-18)22(33)26-15-6-8-16(34-2)9-7-15/h3-14,25H,1-2H3,(H2,24,29)(H,26,33)(H,27,30). The van der Waals surface area contributed by atoms with E-state index in [1.165, 1.54) is 4.68 Å².